The highest BCUT2D eigenvalue weighted by molar-refractivity contribution is 6.25. The highest BCUT2D eigenvalue weighted by atomic mass is 16.5. The van der Waals surface area contributed by atoms with Gasteiger partial charge >= 0.3 is 11.9 Å². The third-order valence-electron chi connectivity index (χ3n) is 4.78. The van der Waals surface area contributed by atoms with Gasteiger partial charge in [0.25, 0.3) is 0 Å². The molecule has 152 valence electrons. The lowest BCUT2D eigenvalue weighted by Gasteiger charge is -2.18. The minimum Gasteiger partial charge on any atom is -0.465 e. The summed E-state index contributed by atoms with van der Waals surface area (Å²) in [7, 11) is 1.32. The fourth-order valence-corrected chi connectivity index (χ4v) is 3.55. The summed E-state index contributed by atoms with van der Waals surface area (Å²) in [6.07, 6.45) is 0. The number of hydrogen-bond donors (Lipinski definition) is 0. The average molecular weight is 400 g/mol. The highest BCUT2D eigenvalue weighted by Crippen LogP contribution is 2.33. The maximum Gasteiger partial charge on any atom is 0.343 e. The maximum atomic E-state index is 13.0. The summed E-state index contributed by atoms with van der Waals surface area (Å²) in [5, 5.41) is 0. The Kier molecular flexibility index (Phi) is 6.48. The van der Waals surface area contributed by atoms with Crippen molar-refractivity contribution in [3.8, 4) is 0 Å². The number of hydrogen-bond acceptors (Lipinski definition) is 4. The zero-order valence-corrected chi connectivity index (χ0v) is 17.6. The van der Waals surface area contributed by atoms with Gasteiger partial charge in [-0.05, 0) is 49.6 Å². The Morgan fingerprint density at radius 2 is 1.23 bits per heavy atom. The van der Waals surface area contributed by atoms with Crippen LogP contribution < -0.4 is 0 Å². The molecule has 3 rings (SSSR count). The average Bonchev–Trinajstić information content (AvgIpc) is 2.75. The fraction of sp³-hybridized carbons (Fsp3) is 0.154. The summed E-state index contributed by atoms with van der Waals surface area (Å²) in [6.45, 7) is 5.86. The van der Waals surface area contributed by atoms with Crippen LogP contribution in [0.1, 0.15) is 38.2 Å². The quantitative estimate of drug-likeness (QED) is 0.245. The zero-order valence-electron chi connectivity index (χ0n) is 17.6. The van der Waals surface area contributed by atoms with E-state index in [9.17, 15) is 9.59 Å². The summed E-state index contributed by atoms with van der Waals surface area (Å²) in [5.74, 6) is -0.936. The van der Waals surface area contributed by atoms with Crippen LogP contribution in [0, 0.1) is 20.8 Å². The van der Waals surface area contributed by atoms with E-state index in [0.717, 1.165) is 16.7 Å². The predicted molar refractivity (Wildman–Crippen MR) is 118 cm³/mol. The lowest BCUT2D eigenvalue weighted by Crippen LogP contribution is -2.14. The van der Waals surface area contributed by atoms with E-state index in [-0.39, 0.29) is 11.3 Å². The Hall–Kier alpha value is -3.66. The third-order valence-corrected chi connectivity index (χ3v) is 4.78. The molecule has 0 aliphatic carbocycles. The number of ether oxygens (including phenoxy) is 2. The molecule has 0 radical (unpaired) electrons. The van der Waals surface area contributed by atoms with E-state index < -0.39 is 11.9 Å². The van der Waals surface area contributed by atoms with Gasteiger partial charge in [0.2, 0.25) is 0 Å². The largest absolute Gasteiger partial charge is 0.465 e. The SMILES string of the molecule is COC(=O)/C(=C(/OC(=O)c1ccccc1)c1ccccc1)c1c(C)cc(C)cc1C. The van der Waals surface area contributed by atoms with Crippen molar-refractivity contribution in [2.45, 2.75) is 20.8 Å². The van der Waals surface area contributed by atoms with E-state index >= 15 is 0 Å². The monoisotopic (exact) mass is 400 g/mol. The van der Waals surface area contributed by atoms with Gasteiger partial charge in [0.1, 0.15) is 5.57 Å². The summed E-state index contributed by atoms with van der Waals surface area (Å²) in [5.41, 5.74) is 4.82. The first-order valence-corrected chi connectivity index (χ1v) is 9.65. The minimum atomic E-state index is -0.565. The molecule has 30 heavy (non-hydrogen) atoms. The van der Waals surface area contributed by atoms with E-state index in [4.69, 9.17) is 9.47 Å². The van der Waals surface area contributed by atoms with Gasteiger partial charge in [-0.1, -0.05) is 66.2 Å². The van der Waals surface area contributed by atoms with Crippen LogP contribution in [0.15, 0.2) is 72.8 Å². The van der Waals surface area contributed by atoms with Crippen molar-refractivity contribution in [1.29, 1.82) is 0 Å². The van der Waals surface area contributed by atoms with Crippen molar-refractivity contribution < 1.29 is 19.1 Å². The first-order chi connectivity index (χ1) is 14.4. The number of methoxy groups -OCH3 is 1. The van der Waals surface area contributed by atoms with E-state index in [1.807, 2.05) is 57.2 Å². The van der Waals surface area contributed by atoms with Gasteiger partial charge in [-0.15, -0.1) is 0 Å². The number of esters is 2. The fourth-order valence-electron chi connectivity index (χ4n) is 3.55. The molecular weight excluding hydrogens is 376 g/mol. The van der Waals surface area contributed by atoms with Crippen LogP contribution in [0.5, 0.6) is 0 Å². The maximum absolute atomic E-state index is 13.0. The number of rotatable bonds is 5. The van der Waals surface area contributed by atoms with Crippen molar-refractivity contribution in [3.05, 3.63) is 106 Å². The minimum absolute atomic E-state index is 0.173. The molecule has 0 atom stereocenters. The Morgan fingerprint density at radius 3 is 1.73 bits per heavy atom. The molecule has 4 heteroatoms. The predicted octanol–water partition coefficient (Wildman–Crippen LogP) is 5.51. The lowest BCUT2D eigenvalue weighted by molar-refractivity contribution is -0.133. The van der Waals surface area contributed by atoms with Crippen LogP contribution in [0.25, 0.3) is 11.3 Å². The van der Waals surface area contributed by atoms with Gasteiger partial charge in [-0.2, -0.15) is 0 Å². The van der Waals surface area contributed by atoms with Crippen LogP contribution in [-0.4, -0.2) is 19.0 Å². The molecule has 0 saturated heterocycles. The molecule has 0 aromatic heterocycles. The van der Waals surface area contributed by atoms with Crippen molar-refractivity contribution in [1.82, 2.24) is 0 Å². The van der Waals surface area contributed by atoms with Crippen LogP contribution >= 0.6 is 0 Å². The highest BCUT2D eigenvalue weighted by Gasteiger charge is 2.26. The molecule has 0 aliphatic heterocycles. The van der Waals surface area contributed by atoms with Gasteiger partial charge in [-0.3, -0.25) is 0 Å². The molecule has 0 bridgehead atoms. The number of benzene rings is 3. The van der Waals surface area contributed by atoms with Crippen molar-refractivity contribution in [2.75, 3.05) is 7.11 Å². The van der Waals surface area contributed by atoms with E-state index in [0.29, 0.717) is 16.7 Å². The van der Waals surface area contributed by atoms with Gasteiger partial charge < -0.3 is 9.47 Å². The van der Waals surface area contributed by atoms with Crippen molar-refractivity contribution >= 4 is 23.3 Å². The van der Waals surface area contributed by atoms with E-state index in [1.165, 1.54) is 7.11 Å². The van der Waals surface area contributed by atoms with Crippen LogP contribution in [0.4, 0.5) is 0 Å². The Bertz CT molecular complexity index is 1070. The number of carbonyl (C=O) groups is 2. The molecule has 0 heterocycles. The summed E-state index contributed by atoms with van der Waals surface area (Å²) in [6, 6.07) is 21.8. The molecule has 0 spiro atoms. The van der Waals surface area contributed by atoms with Gasteiger partial charge in [0, 0.05) is 5.56 Å². The molecular formula is C26H24O4. The second-order valence-corrected chi connectivity index (χ2v) is 7.09. The first-order valence-electron chi connectivity index (χ1n) is 9.65. The van der Waals surface area contributed by atoms with Crippen LogP contribution in [0.2, 0.25) is 0 Å². The molecule has 0 amide bonds. The molecule has 3 aromatic rings. The van der Waals surface area contributed by atoms with E-state index in [1.54, 1.807) is 36.4 Å². The Labute approximate surface area is 176 Å². The number of aryl methyl sites for hydroxylation is 3. The van der Waals surface area contributed by atoms with Gasteiger partial charge in [0.15, 0.2) is 5.76 Å². The molecule has 0 N–H and O–H groups in total. The Balaban J connectivity index is 2.28. The summed E-state index contributed by atoms with van der Waals surface area (Å²) < 4.78 is 11.0. The topological polar surface area (TPSA) is 52.6 Å². The van der Waals surface area contributed by atoms with E-state index in [2.05, 4.69) is 0 Å². The summed E-state index contributed by atoms with van der Waals surface area (Å²) >= 11 is 0. The zero-order chi connectivity index (χ0) is 21.7. The normalized spacial score (nSPS) is 11.5. The molecule has 0 fully saturated rings. The lowest BCUT2D eigenvalue weighted by atomic mass is 9.91. The first kappa shape index (κ1) is 21.1. The second kappa shape index (κ2) is 9.23. The number of carbonyl (C=O) groups excluding carboxylic acids is 2. The van der Waals surface area contributed by atoms with Gasteiger partial charge in [0.05, 0.1) is 12.7 Å². The molecule has 0 aliphatic rings. The van der Waals surface area contributed by atoms with Crippen LogP contribution in [0.3, 0.4) is 0 Å². The second-order valence-electron chi connectivity index (χ2n) is 7.09. The summed E-state index contributed by atoms with van der Waals surface area (Å²) in [4.78, 5) is 25.9. The standard InChI is InChI=1S/C26H24O4/c1-17-15-18(2)22(19(3)16-17)23(26(28)29-4)24(20-11-7-5-8-12-20)30-25(27)21-13-9-6-10-14-21/h5-16H,1-4H3/b24-23+. The van der Waals surface area contributed by atoms with Crippen molar-refractivity contribution in [2.24, 2.45) is 0 Å². The molecule has 0 saturated carbocycles. The Morgan fingerprint density at radius 1 is 0.733 bits per heavy atom. The molecule has 0 unspecified atom stereocenters. The molecule has 3 aromatic carbocycles. The van der Waals surface area contributed by atoms with Crippen molar-refractivity contribution in [3.63, 3.8) is 0 Å². The third kappa shape index (κ3) is 4.49. The molecule has 4 nitrogen and oxygen atoms in total. The van der Waals surface area contributed by atoms with Gasteiger partial charge in [-0.25, -0.2) is 9.59 Å². The van der Waals surface area contributed by atoms with Crippen LogP contribution in [-0.2, 0) is 14.3 Å². The smallest absolute Gasteiger partial charge is 0.343 e.